The van der Waals surface area contributed by atoms with E-state index in [1.807, 2.05) is 13.0 Å². The lowest BCUT2D eigenvalue weighted by Crippen LogP contribution is -2.11. The minimum Gasteiger partial charge on any atom is -0.455 e. The lowest BCUT2D eigenvalue weighted by atomic mass is 10.1. The van der Waals surface area contributed by atoms with Crippen LogP contribution in [0.3, 0.4) is 0 Å². The van der Waals surface area contributed by atoms with E-state index in [4.69, 9.17) is 26.7 Å². The first-order valence-electron chi connectivity index (χ1n) is 5.82. The fourth-order valence-electron chi connectivity index (χ4n) is 1.64. The monoisotopic (exact) mass is 322 g/mol. The van der Waals surface area contributed by atoms with Gasteiger partial charge in [0.1, 0.15) is 11.5 Å². The molecule has 0 unspecified atom stereocenters. The molecule has 0 bridgehead atoms. The highest BCUT2D eigenvalue weighted by atomic mass is 35.5. The topological polar surface area (TPSA) is 93.2 Å². The van der Waals surface area contributed by atoms with E-state index in [1.54, 1.807) is 18.2 Å². The Hall–Kier alpha value is -2.07. The van der Waals surface area contributed by atoms with E-state index in [9.17, 15) is 8.42 Å². The van der Waals surface area contributed by atoms with Crippen LogP contribution in [0.1, 0.15) is 11.1 Å². The van der Waals surface area contributed by atoms with Gasteiger partial charge in [0.05, 0.1) is 21.6 Å². The summed E-state index contributed by atoms with van der Waals surface area (Å²) in [4.78, 5) is -0.0950. The molecule has 0 saturated heterocycles. The van der Waals surface area contributed by atoms with Crippen LogP contribution in [0.15, 0.2) is 41.3 Å². The normalized spacial score (nSPS) is 11.0. The van der Waals surface area contributed by atoms with Crippen molar-refractivity contribution in [2.75, 3.05) is 0 Å². The van der Waals surface area contributed by atoms with Crippen LogP contribution in [0.5, 0.6) is 11.5 Å². The van der Waals surface area contributed by atoms with Crippen LogP contribution in [0.25, 0.3) is 0 Å². The van der Waals surface area contributed by atoms with Gasteiger partial charge in [-0.15, -0.1) is 0 Å². The predicted molar refractivity (Wildman–Crippen MR) is 78.8 cm³/mol. The van der Waals surface area contributed by atoms with Crippen LogP contribution in [0, 0.1) is 18.3 Å². The van der Waals surface area contributed by atoms with Crippen LogP contribution >= 0.6 is 11.6 Å². The Morgan fingerprint density at radius 2 is 1.90 bits per heavy atom. The third-order valence-electron chi connectivity index (χ3n) is 2.77. The molecule has 0 saturated carbocycles. The molecular formula is C14H11ClN2O3S. The number of nitrogens with two attached hydrogens (primary N) is 1. The van der Waals surface area contributed by atoms with Gasteiger partial charge >= 0.3 is 0 Å². The second-order valence-corrected chi connectivity index (χ2v) is 6.30. The molecule has 21 heavy (non-hydrogen) atoms. The van der Waals surface area contributed by atoms with E-state index < -0.39 is 10.0 Å². The van der Waals surface area contributed by atoms with Gasteiger partial charge in [0, 0.05) is 0 Å². The van der Waals surface area contributed by atoms with Gasteiger partial charge in [-0.3, -0.25) is 0 Å². The molecule has 5 nitrogen and oxygen atoms in total. The van der Waals surface area contributed by atoms with Gasteiger partial charge in [-0.25, -0.2) is 13.6 Å². The molecule has 0 atom stereocenters. The zero-order valence-electron chi connectivity index (χ0n) is 11.0. The Kier molecular flexibility index (Phi) is 4.19. The first-order valence-corrected chi connectivity index (χ1v) is 7.74. The maximum absolute atomic E-state index is 11.2. The summed E-state index contributed by atoms with van der Waals surface area (Å²) in [5, 5.41) is 14.0. The van der Waals surface area contributed by atoms with E-state index in [2.05, 4.69) is 0 Å². The second-order valence-electron chi connectivity index (χ2n) is 4.33. The van der Waals surface area contributed by atoms with Gasteiger partial charge in [0.15, 0.2) is 0 Å². The molecule has 0 aliphatic heterocycles. The average molecular weight is 323 g/mol. The number of hydrogen-bond donors (Lipinski definition) is 1. The maximum atomic E-state index is 11.2. The average Bonchev–Trinajstić information content (AvgIpc) is 2.42. The van der Waals surface area contributed by atoms with E-state index in [-0.39, 0.29) is 15.7 Å². The number of nitrogens with zero attached hydrogens (tertiary/aromatic N) is 1. The third kappa shape index (κ3) is 3.52. The fourth-order valence-corrected chi connectivity index (χ4v) is 2.46. The molecule has 2 N–H and O–H groups in total. The molecule has 0 heterocycles. The quantitative estimate of drug-likeness (QED) is 0.940. The molecule has 0 amide bonds. The molecule has 0 spiro atoms. The van der Waals surface area contributed by atoms with Crippen molar-refractivity contribution >= 4 is 21.6 Å². The number of halogens is 1. The number of primary sulfonamides is 1. The molecule has 0 radical (unpaired) electrons. The number of benzene rings is 2. The number of sulfonamides is 1. The zero-order valence-corrected chi connectivity index (χ0v) is 12.6. The molecule has 2 aromatic carbocycles. The first-order chi connectivity index (χ1) is 9.81. The Bertz CT molecular complexity index is 842. The molecule has 108 valence electrons. The van der Waals surface area contributed by atoms with Crippen molar-refractivity contribution in [1.29, 1.82) is 5.26 Å². The lowest BCUT2D eigenvalue weighted by molar-refractivity contribution is 0.478. The number of nitriles is 1. The van der Waals surface area contributed by atoms with E-state index in [0.29, 0.717) is 11.3 Å². The summed E-state index contributed by atoms with van der Waals surface area (Å²) in [6.45, 7) is 1.82. The number of rotatable bonds is 3. The number of ether oxygens (including phenoxy) is 1. The maximum Gasteiger partial charge on any atom is 0.238 e. The highest BCUT2D eigenvalue weighted by Crippen LogP contribution is 2.32. The third-order valence-corrected chi connectivity index (χ3v) is 3.98. The molecule has 0 fully saturated rings. The molecule has 7 heteroatoms. The number of aryl methyl sites for hydroxylation is 1. The van der Waals surface area contributed by atoms with E-state index in [1.165, 1.54) is 18.2 Å². The molecule has 2 aromatic rings. The molecular weight excluding hydrogens is 312 g/mol. The van der Waals surface area contributed by atoms with Gasteiger partial charge in [0.25, 0.3) is 0 Å². The van der Waals surface area contributed by atoms with Crippen molar-refractivity contribution in [3.63, 3.8) is 0 Å². The summed E-state index contributed by atoms with van der Waals surface area (Å²) in [7, 11) is -3.82. The van der Waals surface area contributed by atoms with Crippen molar-refractivity contribution in [2.24, 2.45) is 5.14 Å². The largest absolute Gasteiger partial charge is 0.455 e. The lowest BCUT2D eigenvalue weighted by Gasteiger charge is -2.11. The Labute approximate surface area is 127 Å². The smallest absolute Gasteiger partial charge is 0.238 e. The Morgan fingerprint density at radius 3 is 2.48 bits per heavy atom. The van der Waals surface area contributed by atoms with Crippen molar-refractivity contribution in [3.05, 3.63) is 52.5 Å². The number of hydrogen-bond acceptors (Lipinski definition) is 4. The first kappa shape index (κ1) is 15.3. The summed E-state index contributed by atoms with van der Waals surface area (Å²) in [6, 6.07) is 11.0. The van der Waals surface area contributed by atoms with Crippen molar-refractivity contribution in [3.8, 4) is 17.6 Å². The summed E-state index contributed by atoms with van der Waals surface area (Å²) < 4.78 is 28.1. The SMILES string of the molecule is Cc1ccc(C#N)cc1Oc1ccc(S(N)(=O)=O)cc1Cl. The molecule has 0 aliphatic rings. The molecule has 0 aliphatic carbocycles. The zero-order chi connectivity index (χ0) is 15.6. The van der Waals surface area contributed by atoms with Crippen molar-refractivity contribution < 1.29 is 13.2 Å². The van der Waals surface area contributed by atoms with Gasteiger partial charge < -0.3 is 4.74 Å². The van der Waals surface area contributed by atoms with Gasteiger partial charge in [-0.1, -0.05) is 17.7 Å². The summed E-state index contributed by atoms with van der Waals surface area (Å²) in [6.07, 6.45) is 0. The minimum atomic E-state index is -3.82. The van der Waals surface area contributed by atoms with Gasteiger partial charge in [-0.05, 0) is 42.8 Å². The van der Waals surface area contributed by atoms with E-state index >= 15 is 0 Å². The fraction of sp³-hybridized carbons (Fsp3) is 0.0714. The summed E-state index contributed by atoms with van der Waals surface area (Å²) in [5.41, 5.74) is 1.27. The Balaban J connectivity index is 2.39. The van der Waals surface area contributed by atoms with Gasteiger partial charge in [0.2, 0.25) is 10.0 Å². The molecule has 0 aromatic heterocycles. The predicted octanol–water partition coefficient (Wildman–Crippen LogP) is 2.96. The van der Waals surface area contributed by atoms with Crippen molar-refractivity contribution in [2.45, 2.75) is 11.8 Å². The van der Waals surface area contributed by atoms with Crippen LogP contribution in [-0.2, 0) is 10.0 Å². The van der Waals surface area contributed by atoms with E-state index in [0.717, 1.165) is 5.56 Å². The van der Waals surface area contributed by atoms with Crippen LogP contribution in [0.4, 0.5) is 0 Å². The summed E-state index contributed by atoms with van der Waals surface area (Å²) >= 11 is 6.00. The van der Waals surface area contributed by atoms with Crippen LogP contribution < -0.4 is 9.88 Å². The van der Waals surface area contributed by atoms with Gasteiger partial charge in [-0.2, -0.15) is 5.26 Å². The van der Waals surface area contributed by atoms with Crippen LogP contribution in [0.2, 0.25) is 5.02 Å². The Morgan fingerprint density at radius 1 is 1.19 bits per heavy atom. The molecule has 2 rings (SSSR count). The standard InChI is InChI=1S/C14H11ClN2O3S/c1-9-2-3-10(8-16)6-14(9)20-13-5-4-11(7-12(13)15)21(17,18)19/h2-7H,1H3,(H2,17,18,19). The summed E-state index contributed by atoms with van der Waals surface area (Å²) in [5.74, 6) is 0.751. The van der Waals surface area contributed by atoms with Crippen molar-refractivity contribution in [1.82, 2.24) is 0 Å². The second kappa shape index (κ2) is 5.74. The minimum absolute atomic E-state index is 0.0950. The highest BCUT2D eigenvalue weighted by molar-refractivity contribution is 7.89. The highest BCUT2D eigenvalue weighted by Gasteiger charge is 2.12. The van der Waals surface area contributed by atoms with Crippen LogP contribution in [-0.4, -0.2) is 8.42 Å².